The van der Waals surface area contributed by atoms with Crippen LogP contribution in [0.2, 0.25) is 0 Å². The van der Waals surface area contributed by atoms with Crippen LogP contribution in [0, 0.1) is 13.8 Å². The van der Waals surface area contributed by atoms with Gasteiger partial charge in [-0.25, -0.2) is 0 Å². The van der Waals surface area contributed by atoms with Crippen LogP contribution in [0.1, 0.15) is 28.3 Å². The predicted molar refractivity (Wildman–Crippen MR) is 90.5 cm³/mol. The van der Waals surface area contributed by atoms with Gasteiger partial charge in [0.2, 0.25) is 0 Å². The summed E-state index contributed by atoms with van der Waals surface area (Å²) in [5.74, 6) is 0. The van der Waals surface area contributed by atoms with E-state index in [0.717, 1.165) is 13.1 Å². The highest BCUT2D eigenvalue weighted by Crippen LogP contribution is 2.16. The Hall–Kier alpha value is -1.64. The van der Waals surface area contributed by atoms with Crippen molar-refractivity contribution in [2.75, 3.05) is 20.6 Å². The van der Waals surface area contributed by atoms with E-state index >= 15 is 0 Å². The van der Waals surface area contributed by atoms with Crippen molar-refractivity contribution in [3.05, 3.63) is 70.8 Å². The topological polar surface area (TPSA) is 15.3 Å². The quantitative estimate of drug-likeness (QED) is 0.869. The summed E-state index contributed by atoms with van der Waals surface area (Å²) in [5.41, 5.74) is 5.42. The molecule has 1 N–H and O–H groups in total. The molecule has 0 spiro atoms. The largest absolute Gasteiger partial charge is 0.312 e. The van der Waals surface area contributed by atoms with Gasteiger partial charge in [-0.3, -0.25) is 0 Å². The van der Waals surface area contributed by atoms with Crippen molar-refractivity contribution in [3.8, 4) is 0 Å². The van der Waals surface area contributed by atoms with Gasteiger partial charge in [0, 0.05) is 19.1 Å². The average Bonchev–Trinajstić information content (AvgIpc) is 2.48. The summed E-state index contributed by atoms with van der Waals surface area (Å²) in [5, 5.41) is 3.43. The van der Waals surface area contributed by atoms with Gasteiger partial charge in [-0.15, -0.1) is 0 Å². The SMILES string of the molecule is CNC(CN(C)Cc1ccccc1C)c1ccc(C)cc1. The Morgan fingerprint density at radius 3 is 2.29 bits per heavy atom. The number of rotatable bonds is 6. The lowest BCUT2D eigenvalue weighted by atomic mass is 10.0. The standard InChI is InChI=1S/C19H26N2/c1-15-9-11-17(12-10-15)19(20-3)14-21(4)13-18-8-6-5-7-16(18)2/h5-12,19-20H,13-14H2,1-4H3. The molecule has 21 heavy (non-hydrogen) atoms. The first kappa shape index (κ1) is 15.7. The van der Waals surface area contributed by atoms with Crippen LogP contribution in [-0.2, 0) is 6.54 Å². The monoisotopic (exact) mass is 282 g/mol. The Bertz CT molecular complexity index is 560. The normalized spacial score (nSPS) is 12.6. The maximum atomic E-state index is 3.43. The van der Waals surface area contributed by atoms with Gasteiger partial charge in [0.05, 0.1) is 0 Å². The second kappa shape index (κ2) is 7.39. The van der Waals surface area contributed by atoms with Crippen LogP contribution in [-0.4, -0.2) is 25.5 Å². The molecular formula is C19H26N2. The van der Waals surface area contributed by atoms with Crippen LogP contribution in [0.15, 0.2) is 48.5 Å². The zero-order valence-corrected chi connectivity index (χ0v) is 13.6. The molecule has 0 radical (unpaired) electrons. The first-order valence-electron chi connectivity index (χ1n) is 7.57. The predicted octanol–water partition coefficient (Wildman–Crippen LogP) is 3.70. The summed E-state index contributed by atoms with van der Waals surface area (Å²) in [6.07, 6.45) is 0. The van der Waals surface area contributed by atoms with E-state index in [-0.39, 0.29) is 0 Å². The molecule has 112 valence electrons. The van der Waals surface area contributed by atoms with Gasteiger partial charge in [0.15, 0.2) is 0 Å². The highest BCUT2D eigenvalue weighted by atomic mass is 15.1. The Kier molecular flexibility index (Phi) is 5.54. The molecule has 0 aliphatic carbocycles. The van der Waals surface area contributed by atoms with E-state index in [0.29, 0.717) is 6.04 Å². The molecule has 0 saturated heterocycles. The van der Waals surface area contributed by atoms with Crippen molar-refractivity contribution < 1.29 is 0 Å². The molecule has 0 amide bonds. The zero-order valence-electron chi connectivity index (χ0n) is 13.6. The first-order chi connectivity index (χ1) is 10.1. The van der Waals surface area contributed by atoms with Gasteiger partial charge in [0.1, 0.15) is 0 Å². The van der Waals surface area contributed by atoms with Crippen molar-refractivity contribution in [2.24, 2.45) is 0 Å². The summed E-state index contributed by atoms with van der Waals surface area (Å²) in [4.78, 5) is 2.38. The number of nitrogens with one attached hydrogen (secondary N) is 1. The highest BCUT2D eigenvalue weighted by Gasteiger charge is 2.12. The fraction of sp³-hybridized carbons (Fsp3) is 0.368. The molecule has 1 atom stereocenters. The van der Waals surface area contributed by atoms with Gasteiger partial charge in [-0.05, 0) is 44.6 Å². The minimum Gasteiger partial charge on any atom is -0.312 e. The third-order valence-corrected chi connectivity index (χ3v) is 4.02. The number of nitrogens with zero attached hydrogens (tertiary/aromatic N) is 1. The fourth-order valence-electron chi connectivity index (χ4n) is 2.62. The molecule has 1 unspecified atom stereocenters. The lowest BCUT2D eigenvalue weighted by Gasteiger charge is -2.25. The molecule has 0 bridgehead atoms. The molecule has 2 heteroatoms. The molecular weight excluding hydrogens is 256 g/mol. The van der Waals surface area contributed by atoms with Crippen molar-refractivity contribution in [3.63, 3.8) is 0 Å². The number of benzene rings is 2. The van der Waals surface area contributed by atoms with E-state index in [1.54, 1.807) is 0 Å². The zero-order chi connectivity index (χ0) is 15.2. The molecule has 2 aromatic rings. The second-order valence-electron chi connectivity index (χ2n) is 5.88. The van der Waals surface area contributed by atoms with Crippen LogP contribution in [0.4, 0.5) is 0 Å². The fourth-order valence-corrected chi connectivity index (χ4v) is 2.62. The molecule has 0 aromatic heterocycles. The van der Waals surface area contributed by atoms with Crippen molar-refractivity contribution in [2.45, 2.75) is 26.4 Å². The maximum absolute atomic E-state index is 3.43. The van der Waals surface area contributed by atoms with Gasteiger partial charge in [-0.2, -0.15) is 0 Å². The minimum absolute atomic E-state index is 0.361. The van der Waals surface area contributed by atoms with E-state index in [9.17, 15) is 0 Å². The lowest BCUT2D eigenvalue weighted by Crippen LogP contribution is -2.31. The Morgan fingerprint density at radius 2 is 1.67 bits per heavy atom. The van der Waals surface area contributed by atoms with Crippen LogP contribution in [0.5, 0.6) is 0 Å². The molecule has 0 aliphatic rings. The molecule has 0 aliphatic heterocycles. The molecule has 2 nitrogen and oxygen atoms in total. The minimum atomic E-state index is 0.361. The van der Waals surface area contributed by atoms with Crippen LogP contribution in [0.3, 0.4) is 0 Å². The molecule has 2 rings (SSSR count). The maximum Gasteiger partial charge on any atom is 0.0446 e. The van der Waals surface area contributed by atoms with Crippen LogP contribution < -0.4 is 5.32 Å². The number of aryl methyl sites for hydroxylation is 2. The van der Waals surface area contributed by atoms with Crippen molar-refractivity contribution in [1.29, 1.82) is 0 Å². The summed E-state index contributed by atoms with van der Waals surface area (Å²) < 4.78 is 0. The third kappa shape index (κ3) is 4.42. The van der Waals surface area contributed by atoms with E-state index in [4.69, 9.17) is 0 Å². The Labute approximate surface area is 128 Å². The van der Waals surface area contributed by atoms with Crippen LogP contribution in [0.25, 0.3) is 0 Å². The average molecular weight is 282 g/mol. The Balaban J connectivity index is 2.01. The van der Waals surface area contributed by atoms with Crippen molar-refractivity contribution in [1.82, 2.24) is 10.2 Å². The van der Waals surface area contributed by atoms with Crippen molar-refractivity contribution >= 4 is 0 Å². The van der Waals surface area contributed by atoms with E-state index in [1.807, 2.05) is 7.05 Å². The smallest absolute Gasteiger partial charge is 0.0446 e. The summed E-state index contributed by atoms with van der Waals surface area (Å²) >= 11 is 0. The number of hydrogen-bond acceptors (Lipinski definition) is 2. The molecule has 0 saturated carbocycles. The third-order valence-electron chi connectivity index (χ3n) is 4.02. The number of hydrogen-bond donors (Lipinski definition) is 1. The molecule has 2 aromatic carbocycles. The van der Waals surface area contributed by atoms with E-state index in [1.165, 1.54) is 22.3 Å². The summed E-state index contributed by atoms with van der Waals surface area (Å²) in [7, 11) is 4.22. The Morgan fingerprint density at radius 1 is 1.00 bits per heavy atom. The van der Waals surface area contributed by atoms with E-state index < -0.39 is 0 Å². The molecule has 0 heterocycles. The second-order valence-corrected chi connectivity index (χ2v) is 5.88. The van der Waals surface area contributed by atoms with Gasteiger partial charge in [-0.1, -0.05) is 54.1 Å². The first-order valence-corrected chi connectivity index (χ1v) is 7.57. The van der Waals surface area contributed by atoms with Gasteiger partial charge >= 0.3 is 0 Å². The van der Waals surface area contributed by atoms with Crippen LogP contribution >= 0.6 is 0 Å². The highest BCUT2D eigenvalue weighted by molar-refractivity contribution is 5.26. The summed E-state index contributed by atoms with van der Waals surface area (Å²) in [6.45, 7) is 6.28. The number of likely N-dealkylation sites (N-methyl/N-ethyl adjacent to an activating group) is 2. The van der Waals surface area contributed by atoms with Gasteiger partial charge < -0.3 is 10.2 Å². The molecule has 0 fully saturated rings. The lowest BCUT2D eigenvalue weighted by molar-refractivity contribution is 0.289. The van der Waals surface area contributed by atoms with E-state index in [2.05, 4.69) is 79.6 Å². The summed E-state index contributed by atoms with van der Waals surface area (Å²) in [6, 6.07) is 17.8. The van der Waals surface area contributed by atoms with Gasteiger partial charge in [0.25, 0.3) is 0 Å².